The van der Waals surface area contributed by atoms with Crippen molar-refractivity contribution in [2.45, 2.75) is 58.5 Å². The van der Waals surface area contributed by atoms with Crippen molar-refractivity contribution < 1.29 is 19.1 Å². The van der Waals surface area contributed by atoms with Gasteiger partial charge in [-0.3, -0.25) is 9.59 Å². The Labute approximate surface area is 178 Å². The Morgan fingerprint density at radius 2 is 1.77 bits per heavy atom. The summed E-state index contributed by atoms with van der Waals surface area (Å²) in [7, 11) is 1.38. The van der Waals surface area contributed by atoms with E-state index in [9.17, 15) is 9.59 Å². The lowest BCUT2D eigenvalue weighted by molar-refractivity contribution is -0.139. The molecule has 0 bridgehead atoms. The Kier molecular flexibility index (Phi) is 6.31. The fraction of sp³-hybridized carbons (Fsp3) is 0.385. The van der Waals surface area contributed by atoms with Crippen molar-refractivity contribution in [2.75, 3.05) is 7.11 Å². The Morgan fingerprint density at radius 1 is 1.10 bits per heavy atom. The Hall–Kier alpha value is -3.06. The first kappa shape index (κ1) is 21.6. The summed E-state index contributed by atoms with van der Waals surface area (Å²) in [5.41, 5.74) is 4.17. The number of rotatable bonds is 4. The van der Waals surface area contributed by atoms with E-state index in [-0.39, 0.29) is 29.7 Å². The molecule has 3 rings (SSSR count). The molecule has 30 heavy (non-hydrogen) atoms. The molecule has 0 heterocycles. The molecule has 0 radical (unpaired) electrons. The molecule has 0 amide bonds. The van der Waals surface area contributed by atoms with Gasteiger partial charge in [0.15, 0.2) is 5.78 Å². The van der Waals surface area contributed by atoms with Crippen LogP contribution in [0.3, 0.4) is 0 Å². The summed E-state index contributed by atoms with van der Waals surface area (Å²) in [4.78, 5) is 24.0. The van der Waals surface area contributed by atoms with Crippen molar-refractivity contribution in [1.29, 1.82) is 0 Å². The van der Waals surface area contributed by atoms with E-state index >= 15 is 0 Å². The molecule has 0 aromatic heterocycles. The van der Waals surface area contributed by atoms with Crippen LogP contribution in [0.25, 0.3) is 0 Å². The molecule has 2 aromatic rings. The van der Waals surface area contributed by atoms with Gasteiger partial charge in [0.1, 0.15) is 5.75 Å². The molecule has 0 fully saturated rings. The van der Waals surface area contributed by atoms with Gasteiger partial charge >= 0.3 is 5.97 Å². The number of ketones is 1. The number of hydrogen-bond acceptors (Lipinski definition) is 4. The zero-order chi connectivity index (χ0) is 21.9. The zero-order valence-electron chi connectivity index (χ0n) is 18.3. The Bertz CT molecular complexity index is 1020. The number of fused-ring (bicyclic) bond motifs is 1. The van der Waals surface area contributed by atoms with Crippen LogP contribution >= 0.6 is 0 Å². The smallest absolute Gasteiger partial charge is 0.309 e. The van der Waals surface area contributed by atoms with Gasteiger partial charge in [0.2, 0.25) is 0 Å². The molecule has 4 heteroatoms. The maximum Gasteiger partial charge on any atom is 0.309 e. The molecule has 0 saturated heterocycles. The monoisotopic (exact) mass is 404 g/mol. The Balaban J connectivity index is 1.96. The van der Waals surface area contributed by atoms with Crippen LogP contribution in [0.2, 0.25) is 0 Å². The molecule has 1 aliphatic carbocycles. The molecular formula is C26H28O4. The van der Waals surface area contributed by atoms with Crippen molar-refractivity contribution in [3.05, 3.63) is 64.2 Å². The summed E-state index contributed by atoms with van der Waals surface area (Å²) in [5, 5.41) is 0. The molecular weight excluding hydrogens is 376 g/mol. The van der Waals surface area contributed by atoms with Gasteiger partial charge in [-0.25, -0.2) is 0 Å². The summed E-state index contributed by atoms with van der Waals surface area (Å²) in [6.07, 6.45) is 1.57. The number of esters is 1. The minimum Gasteiger partial charge on any atom is -0.490 e. The Morgan fingerprint density at radius 3 is 2.40 bits per heavy atom. The highest BCUT2D eigenvalue weighted by Gasteiger charge is 2.34. The fourth-order valence-corrected chi connectivity index (χ4v) is 3.63. The van der Waals surface area contributed by atoms with Crippen molar-refractivity contribution in [1.82, 2.24) is 0 Å². The van der Waals surface area contributed by atoms with Crippen molar-refractivity contribution in [2.24, 2.45) is 0 Å². The van der Waals surface area contributed by atoms with E-state index in [1.165, 1.54) is 7.11 Å². The first-order valence-corrected chi connectivity index (χ1v) is 10.3. The predicted molar refractivity (Wildman–Crippen MR) is 117 cm³/mol. The lowest BCUT2D eigenvalue weighted by Gasteiger charge is -2.33. The quantitative estimate of drug-likeness (QED) is 0.540. The largest absolute Gasteiger partial charge is 0.490 e. The third-order valence-corrected chi connectivity index (χ3v) is 5.33. The number of methoxy groups -OCH3 is 1. The number of Topliss-reactive ketones (excluding diaryl/α,β-unsaturated/α-hetero) is 1. The average molecular weight is 405 g/mol. The first-order chi connectivity index (χ1) is 14.2. The van der Waals surface area contributed by atoms with Crippen molar-refractivity contribution in [3.63, 3.8) is 0 Å². The van der Waals surface area contributed by atoms with E-state index < -0.39 is 0 Å². The summed E-state index contributed by atoms with van der Waals surface area (Å²) >= 11 is 0. The zero-order valence-corrected chi connectivity index (χ0v) is 18.3. The maximum absolute atomic E-state index is 12.6. The third-order valence-electron chi connectivity index (χ3n) is 5.33. The highest BCUT2D eigenvalue weighted by atomic mass is 16.5. The van der Waals surface area contributed by atoms with Crippen molar-refractivity contribution >= 4 is 11.8 Å². The molecule has 0 N–H and O–H groups in total. The van der Waals surface area contributed by atoms with Crippen LogP contribution in [-0.4, -0.2) is 25.0 Å². The highest BCUT2D eigenvalue weighted by Crippen LogP contribution is 2.41. The molecule has 0 spiro atoms. The van der Waals surface area contributed by atoms with E-state index in [0.717, 1.165) is 28.7 Å². The maximum atomic E-state index is 12.6. The van der Waals surface area contributed by atoms with Gasteiger partial charge in [-0.1, -0.05) is 37.8 Å². The molecule has 4 nitrogen and oxygen atoms in total. The minimum absolute atomic E-state index is 0.0301. The number of ether oxygens (including phenoxy) is 2. The molecule has 156 valence electrons. The van der Waals surface area contributed by atoms with Crippen LogP contribution in [0.1, 0.15) is 73.1 Å². The van der Waals surface area contributed by atoms with E-state index in [2.05, 4.69) is 25.7 Å². The SMILES string of the molecule is COC(=O)Cc1ccc(C#Cc2cc(OC(C)C)c3c(c2)C(C)(C)CCC3=O)cc1. The molecule has 0 saturated carbocycles. The number of carbonyl (C=O) groups excluding carboxylic acids is 2. The second-order valence-corrected chi connectivity index (χ2v) is 8.57. The topological polar surface area (TPSA) is 52.6 Å². The van der Waals surface area contributed by atoms with Gasteiger partial charge in [-0.2, -0.15) is 0 Å². The molecule has 2 aromatic carbocycles. The molecule has 0 unspecified atom stereocenters. The summed E-state index contributed by atoms with van der Waals surface area (Å²) in [6, 6.07) is 11.4. The van der Waals surface area contributed by atoms with Gasteiger partial charge in [-0.15, -0.1) is 0 Å². The molecule has 0 atom stereocenters. The van der Waals surface area contributed by atoms with Crippen LogP contribution < -0.4 is 4.74 Å². The lowest BCUT2D eigenvalue weighted by atomic mass is 9.71. The second kappa shape index (κ2) is 8.75. The minimum atomic E-state index is -0.266. The normalized spacial score (nSPS) is 14.5. The van der Waals surface area contributed by atoms with Crippen molar-refractivity contribution in [3.8, 4) is 17.6 Å². The fourth-order valence-electron chi connectivity index (χ4n) is 3.63. The second-order valence-electron chi connectivity index (χ2n) is 8.57. The summed E-state index contributed by atoms with van der Waals surface area (Å²) in [5.74, 6) is 6.89. The van der Waals surface area contributed by atoms with Crippen LogP contribution in [0.4, 0.5) is 0 Å². The average Bonchev–Trinajstić information content (AvgIpc) is 2.70. The van der Waals surface area contributed by atoms with Gasteiger partial charge in [0, 0.05) is 17.5 Å². The number of hydrogen-bond donors (Lipinski definition) is 0. The lowest BCUT2D eigenvalue weighted by Crippen LogP contribution is -2.28. The van der Waals surface area contributed by atoms with Gasteiger partial charge in [0.25, 0.3) is 0 Å². The standard InChI is InChI=1S/C26H28O4/c1-17(2)30-23-15-20(14-21-25(23)22(27)12-13-26(21,3)4)11-8-18-6-9-19(10-7-18)16-24(28)29-5/h6-7,9-10,14-15,17H,12-13,16H2,1-5H3. The van der Waals surface area contributed by atoms with Crippen LogP contribution in [-0.2, 0) is 21.4 Å². The number of benzene rings is 2. The predicted octanol–water partition coefficient (Wildman–Crippen LogP) is 4.84. The van der Waals surface area contributed by atoms with Gasteiger partial charge in [0.05, 0.1) is 25.2 Å². The van der Waals surface area contributed by atoms with E-state index in [4.69, 9.17) is 9.47 Å². The first-order valence-electron chi connectivity index (χ1n) is 10.3. The number of carbonyl (C=O) groups is 2. The highest BCUT2D eigenvalue weighted by molar-refractivity contribution is 6.02. The third kappa shape index (κ3) is 4.91. The van der Waals surface area contributed by atoms with E-state index in [1.807, 2.05) is 50.2 Å². The van der Waals surface area contributed by atoms with Crippen LogP contribution in [0, 0.1) is 11.8 Å². The molecule has 1 aliphatic rings. The van der Waals surface area contributed by atoms with E-state index in [1.54, 1.807) is 0 Å². The van der Waals surface area contributed by atoms with Gasteiger partial charge < -0.3 is 9.47 Å². The van der Waals surface area contributed by atoms with Gasteiger partial charge in [-0.05, 0) is 61.1 Å². The molecule has 0 aliphatic heterocycles. The summed E-state index contributed by atoms with van der Waals surface area (Å²) < 4.78 is 10.7. The summed E-state index contributed by atoms with van der Waals surface area (Å²) in [6.45, 7) is 8.24. The van der Waals surface area contributed by atoms with Crippen LogP contribution in [0.5, 0.6) is 5.75 Å². The van der Waals surface area contributed by atoms with E-state index in [0.29, 0.717) is 17.7 Å². The van der Waals surface area contributed by atoms with Crippen LogP contribution in [0.15, 0.2) is 36.4 Å².